The second-order valence-electron chi connectivity index (χ2n) is 6.41. The van der Waals surface area contributed by atoms with Crippen LogP contribution in [0.3, 0.4) is 0 Å². The first-order chi connectivity index (χ1) is 12.2. The molecule has 1 saturated heterocycles. The van der Waals surface area contributed by atoms with Crippen molar-refractivity contribution in [1.82, 2.24) is 20.0 Å². The molecule has 1 aromatic heterocycles. The largest absolute Gasteiger partial charge is 0.370 e. The number of morpholine rings is 1. The number of hydrogen-bond acceptors (Lipinski definition) is 3. The van der Waals surface area contributed by atoms with E-state index in [0.717, 1.165) is 32.0 Å². The van der Waals surface area contributed by atoms with Crippen molar-refractivity contribution in [3.8, 4) is 0 Å². The Morgan fingerprint density at radius 2 is 2.24 bits per heavy atom. The Bertz CT molecular complexity index is 724. The van der Waals surface area contributed by atoms with Crippen LogP contribution in [0.15, 0.2) is 41.7 Å². The summed E-state index contributed by atoms with van der Waals surface area (Å²) < 4.78 is 7.84. The van der Waals surface area contributed by atoms with Crippen LogP contribution in [-0.2, 0) is 18.2 Å². The molecule has 6 heteroatoms. The van der Waals surface area contributed by atoms with Gasteiger partial charge >= 0.3 is 0 Å². The maximum absolute atomic E-state index is 6.01. The van der Waals surface area contributed by atoms with E-state index in [9.17, 15) is 0 Å². The molecule has 3 rings (SSSR count). The van der Waals surface area contributed by atoms with E-state index in [2.05, 4.69) is 51.5 Å². The summed E-state index contributed by atoms with van der Waals surface area (Å²) in [5.74, 6) is 0.936. The first-order valence-electron chi connectivity index (χ1n) is 8.77. The highest BCUT2D eigenvalue weighted by atomic mass is 16.5. The number of rotatable bonds is 4. The Balaban J connectivity index is 1.58. The topological polar surface area (TPSA) is 54.7 Å². The van der Waals surface area contributed by atoms with Crippen molar-refractivity contribution < 1.29 is 4.74 Å². The van der Waals surface area contributed by atoms with Gasteiger partial charge in [-0.15, -0.1) is 0 Å². The molecular formula is C19H27N5O. The molecule has 1 unspecified atom stereocenters. The Hall–Kier alpha value is -2.34. The standard InChI is InChI=1S/C19H27N5O/c1-15-6-4-5-7-17(15)18-14-24(10-11-25-18)19(20-2)21-9-8-16-12-22-23(3)13-16/h4-7,12-13,18H,8-11,14H2,1-3H3,(H,20,21). The van der Waals surface area contributed by atoms with Crippen LogP contribution in [0.4, 0.5) is 0 Å². The quantitative estimate of drug-likeness (QED) is 0.682. The maximum Gasteiger partial charge on any atom is 0.193 e. The second-order valence-corrected chi connectivity index (χ2v) is 6.41. The summed E-state index contributed by atoms with van der Waals surface area (Å²) in [6.07, 6.45) is 4.98. The van der Waals surface area contributed by atoms with E-state index < -0.39 is 0 Å². The molecule has 25 heavy (non-hydrogen) atoms. The number of aromatic nitrogens is 2. The fraction of sp³-hybridized carbons (Fsp3) is 0.474. The average molecular weight is 341 g/mol. The van der Waals surface area contributed by atoms with Crippen LogP contribution in [0, 0.1) is 6.92 Å². The summed E-state index contributed by atoms with van der Waals surface area (Å²) in [5.41, 5.74) is 3.76. The maximum atomic E-state index is 6.01. The third kappa shape index (κ3) is 4.39. The first kappa shape index (κ1) is 17.5. The molecule has 0 spiro atoms. The summed E-state index contributed by atoms with van der Waals surface area (Å²) in [6, 6.07) is 8.44. The predicted octanol–water partition coefficient (Wildman–Crippen LogP) is 1.92. The van der Waals surface area contributed by atoms with Gasteiger partial charge in [0.05, 0.1) is 19.3 Å². The summed E-state index contributed by atoms with van der Waals surface area (Å²) in [4.78, 5) is 6.74. The molecular weight excluding hydrogens is 314 g/mol. The molecule has 0 amide bonds. The lowest BCUT2D eigenvalue weighted by atomic mass is 10.0. The number of aliphatic imine (C=N–C) groups is 1. The summed E-state index contributed by atoms with van der Waals surface area (Å²) in [5, 5.41) is 7.67. The van der Waals surface area contributed by atoms with Crippen LogP contribution in [0.5, 0.6) is 0 Å². The first-order valence-corrected chi connectivity index (χ1v) is 8.77. The molecule has 1 aromatic carbocycles. The smallest absolute Gasteiger partial charge is 0.193 e. The molecule has 0 bridgehead atoms. The SMILES string of the molecule is CN=C(NCCc1cnn(C)c1)N1CCOC(c2ccccc2C)C1. The zero-order valence-corrected chi connectivity index (χ0v) is 15.3. The highest BCUT2D eigenvalue weighted by Crippen LogP contribution is 2.24. The fourth-order valence-corrected chi connectivity index (χ4v) is 3.23. The van der Waals surface area contributed by atoms with E-state index in [4.69, 9.17) is 4.74 Å². The minimum atomic E-state index is 0.0897. The van der Waals surface area contributed by atoms with Gasteiger partial charge in [-0.2, -0.15) is 5.10 Å². The third-order valence-corrected chi connectivity index (χ3v) is 4.57. The van der Waals surface area contributed by atoms with Crippen molar-refractivity contribution in [3.05, 3.63) is 53.3 Å². The van der Waals surface area contributed by atoms with Crippen LogP contribution >= 0.6 is 0 Å². The second kappa shape index (κ2) is 8.16. The average Bonchev–Trinajstić information content (AvgIpc) is 3.04. The Kier molecular flexibility index (Phi) is 5.71. The van der Waals surface area contributed by atoms with E-state index >= 15 is 0 Å². The molecule has 0 radical (unpaired) electrons. The zero-order chi connectivity index (χ0) is 17.6. The molecule has 1 fully saturated rings. The van der Waals surface area contributed by atoms with Gasteiger partial charge in [-0.05, 0) is 30.0 Å². The number of benzene rings is 1. The van der Waals surface area contributed by atoms with E-state index in [0.29, 0.717) is 6.61 Å². The van der Waals surface area contributed by atoms with Crippen molar-refractivity contribution in [1.29, 1.82) is 0 Å². The normalized spacial score (nSPS) is 18.4. The number of ether oxygens (including phenoxy) is 1. The highest BCUT2D eigenvalue weighted by molar-refractivity contribution is 5.80. The number of hydrogen-bond donors (Lipinski definition) is 1. The molecule has 0 saturated carbocycles. The molecule has 2 aromatic rings. The van der Waals surface area contributed by atoms with E-state index in [1.165, 1.54) is 16.7 Å². The lowest BCUT2D eigenvalue weighted by Crippen LogP contribution is -2.48. The van der Waals surface area contributed by atoms with Crippen LogP contribution in [0.2, 0.25) is 0 Å². The third-order valence-electron chi connectivity index (χ3n) is 4.57. The van der Waals surface area contributed by atoms with Gasteiger partial charge in [0.15, 0.2) is 5.96 Å². The van der Waals surface area contributed by atoms with Gasteiger partial charge in [-0.3, -0.25) is 9.67 Å². The van der Waals surface area contributed by atoms with Crippen LogP contribution in [0.25, 0.3) is 0 Å². The summed E-state index contributed by atoms with van der Waals surface area (Å²) in [7, 11) is 3.78. The van der Waals surface area contributed by atoms with Crippen molar-refractivity contribution in [2.24, 2.45) is 12.0 Å². The molecule has 1 aliphatic rings. The van der Waals surface area contributed by atoms with Gasteiger partial charge in [-0.1, -0.05) is 24.3 Å². The van der Waals surface area contributed by atoms with E-state index in [1.807, 2.05) is 31.2 Å². The molecule has 6 nitrogen and oxygen atoms in total. The van der Waals surface area contributed by atoms with Gasteiger partial charge in [0, 0.05) is 33.4 Å². The van der Waals surface area contributed by atoms with Crippen LogP contribution in [0.1, 0.15) is 22.8 Å². The molecule has 1 atom stereocenters. The van der Waals surface area contributed by atoms with Gasteiger partial charge in [0.1, 0.15) is 6.10 Å². The van der Waals surface area contributed by atoms with Gasteiger partial charge < -0.3 is 15.0 Å². The van der Waals surface area contributed by atoms with Crippen LogP contribution < -0.4 is 5.32 Å². The highest BCUT2D eigenvalue weighted by Gasteiger charge is 2.24. The van der Waals surface area contributed by atoms with Gasteiger partial charge in [0.25, 0.3) is 0 Å². The minimum absolute atomic E-state index is 0.0897. The lowest BCUT2D eigenvalue weighted by molar-refractivity contribution is -0.00829. The summed E-state index contributed by atoms with van der Waals surface area (Å²) in [6.45, 7) is 5.36. The van der Waals surface area contributed by atoms with E-state index in [1.54, 1.807) is 0 Å². The Morgan fingerprint density at radius 3 is 2.96 bits per heavy atom. The zero-order valence-electron chi connectivity index (χ0n) is 15.3. The van der Waals surface area contributed by atoms with E-state index in [-0.39, 0.29) is 6.10 Å². The van der Waals surface area contributed by atoms with Crippen molar-refractivity contribution in [3.63, 3.8) is 0 Å². The molecule has 0 aliphatic carbocycles. The minimum Gasteiger partial charge on any atom is -0.370 e. The van der Waals surface area contributed by atoms with Crippen molar-refractivity contribution in [2.75, 3.05) is 33.3 Å². The fourth-order valence-electron chi connectivity index (χ4n) is 3.23. The Morgan fingerprint density at radius 1 is 1.40 bits per heavy atom. The molecule has 1 aliphatic heterocycles. The molecule has 1 N–H and O–H groups in total. The molecule has 2 heterocycles. The number of guanidine groups is 1. The lowest BCUT2D eigenvalue weighted by Gasteiger charge is -2.35. The number of nitrogens with one attached hydrogen (secondary N) is 1. The number of nitrogens with zero attached hydrogens (tertiary/aromatic N) is 4. The van der Waals surface area contributed by atoms with Crippen LogP contribution in [-0.4, -0.2) is 53.9 Å². The van der Waals surface area contributed by atoms with Gasteiger partial charge in [0.2, 0.25) is 0 Å². The molecule has 134 valence electrons. The Labute approximate surface area is 149 Å². The van der Waals surface area contributed by atoms with Crippen molar-refractivity contribution in [2.45, 2.75) is 19.4 Å². The summed E-state index contributed by atoms with van der Waals surface area (Å²) >= 11 is 0. The van der Waals surface area contributed by atoms with Crippen molar-refractivity contribution >= 4 is 5.96 Å². The predicted molar refractivity (Wildman–Crippen MR) is 99.7 cm³/mol. The van der Waals surface area contributed by atoms with Gasteiger partial charge in [-0.25, -0.2) is 0 Å². The monoisotopic (exact) mass is 341 g/mol. The number of aryl methyl sites for hydroxylation is 2.